The van der Waals surface area contributed by atoms with E-state index in [-0.39, 0.29) is 24.3 Å². The molecule has 0 spiro atoms. The van der Waals surface area contributed by atoms with Crippen LogP contribution in [0.4, 0.5) is 0 Å². The molecule has 34 heavy (non-hydrogen) atoms. The van der Waals surface area contributed by atoms with Gasteiger partial charge in [0.1, 0.15) is 18.1 Å². The summed E-state index contributed by atoms with van der Waals surface area (Å²) in [6, 6.07) is -3.10. The van der Waals surface area contributed by atoms with Crippen LogP contribution in [0.25, 0.3) is 0 Å². The van der Waals surface area contributed by atoms with Crippen molar-refractivity contribution in [1.82, 2.24) is 21.3 Å². The second-order valence-electron chi connectivity index (χ2n) is 9.37. The number of amides is 3. The van der Waals surface area contributed by atoms with Crippen LogP contribution in [0, 0.1) is 5.92 Å². The number of unbranched alkanes of at least 4 members (excludes halogenated alkanes) is 2. The van der Waals surface area contributed by atoms with Crippen LogP contribution in [0.15, 0.2) is 0 Å². The molecule has 0 bridgehead atoms. The van der Waals surface area contributed by atoms with Gasteiger partial charge in [-0.3, -0.25) is 14.4 Å². The van der Waals surface area contributed by atoms with E-state index in [1.807, 2.05) is 13.8 Å². The summed E-state index contributed by atoms with van der Waals surface area (Å²) in [6.07, 6.45) is 5.18. The predicted molar refractivity (Wildman–Crippen MR) is 130 cm³/mol. The van der Waals surface area contributed by atoms with Crippen molar-refractivity contribution in [1.29, 1.82) is 0 Å². The minimum absolute atomic E-state index is 0.0736. The van der Waals surface area contributed by atoms with Crippen LogP contribution in [0.3, 0.4) is 0 Å². The average Bonchev–Trinajstić information content (AvgIpc) is 3.32. The van der Waals surface area contributed by atoms with Crippen LogP contribution in [-0.2, 0) is 19.2 Å². The fourth-order valence-electron chi connectivity index (χ4n) is 3.94. The first-order valence-electron chi connectivity index (χ1n) is 12.5. The number of carboxylic acid groups (broad SMARTS) is 1. The van der Waals surface area contributed by atoms with Gasteiger partial charge in [-0.1, -0.05) is 13.8 Å². The molecule has 0 unspecified atom stereocenters. The fraction of sp³-hybridized carbons (Fsp3) is 0.826. The highest BCUT2D eigenvalue weighted by Gasteiger charge is 2.31. The molecule has 0 aromatic heterocycles. The van der Waals surface area contributed by atoms with Gasteiger partial charge in [0.15, 0.2) is 0 Å². The molecule has 1 fully saturated rings. The minimum atomic E-state index is -1.13. The van der Waals surface area contributed by atoms with E-state index in [0.717, 1.165) is 13.0 Å². The van der Waals surface area contributed by atoms with Crippen LogP contribution in [0.5, 0.6) is 0 Å². The highest BCUT2D eigenvalue weighted by Crippen LogP contribution is 2.10. The summed E-state index contributed by atoms with van der Waals surface area (Å²) in [5.41, 5.74) is 11.0. The molecule has 196 valence electrons. The Bertz CT molecular complexity index is 654. The van der Waals surface area contributed by atoms with Crippen molar-refractivity contribution < 1.29 is 24.3 Å². The zero-order valence-electron chi connectivity index (χ0n) is 20.6. The highest BCUT2D eigenvalue weighted by molar-refractivity contribution is 5.94. The Morgan fingerprint density at radius 3 is 1.94 bits per heavy atom. The molecule has 0 aromatic rings. The van der Waals surface area contributed by atoms with Crippen molar-refractivity contribution in [2.24, 2.45) is 17.4 Å². The van der Waals surface area contributed by atoms with Gasteiger partial charge < -0.3 is 37.8 Å². The first-order valence-corrected chi connectivity index (χ1v) is 12.5. The van der Waals surface area contributed by atoms with Crippen molar-refractivity contribution in [3.05, 3.63) is 0 Å². The van der Waals surface area contributed by atoms with Crippen LogP contribution < -0.4 is 32.7 Å². The average molecular weight is 485 g/mol. The number of nitrogens with one attached hydrogen (secondary N) is 4. The third kappa shape index (κ3) is 11.3. The smallest absolute Gasteiger partial charge is 0.326 e. The Labute approximate surface area is 202 Å². The quantitative estimate of drug-likeness (QED) is 0.135. The molecular formula is C23H44N6O5. The van der Waals surface area contributed by atoms with Gasteiger partial charge in [-0.25, -0.2) is 4.79 Å². The van der Waals surface area contributed by atoms with E-state index in [1.54, 1.807) is 0 Å². The van der Waals surface area contributed by atoms with Crippen LogP contribution >= 0.6 is 0 Å². The summed E-state index contributed by atoms with van der Waals surface area (Å²) in [5, 5.41) is 20.7. The van der Waals surface area contributed by atoms with E-state index < -0.39 is 35.9 Å². The number of hydrogen-bond acceptors (Lipinski definition) is 7. The fourth-order valence-corrected chi connectivity index (χ4v) is 3.94. The third-order valence-electron chi connectivity index (χ3n) is 5.86. The summed E-state index contributed by atoms with van der Waals surface area (Å²) >= 11 is 0. The second kappa shape index (κ2) is 16.4. The molecule has 1 heterocycles. The highest BCUT2D eigenvalue weighted by atomic mass is 16.4. The lowest BCUT2D eigenvalue weighted by Gasteiger charge is -2.26. The first-order chi connectivity index (χ1) is 16.2. The second-order valence-corrected chi connectivity index (χ2v) is 9.37. The van der Waals surface area contributed by atoms with Crippen LogP contribution in [0.1, 0.15) is 71.6 Å². The monoisotopic (exact) mass is 484 g/mol. The van der Waals surface area contributed by atoms with Gasteiger partial charge in [0, 0.05) is 0 Å². The lowest BCUT2D eigenvalue weighted by molar-refractivity contribution is -0.142. The van der Waals surface area contributed by atoms with Crippen molar-refractivity contribution in [3.63, 3.8) is 0 Å². The summed E-state index contributed by atoms with van der Waals surface area (Å²) in [5.74, 6) is -2.30. The Balaban J connectivity index is 2.87. The maximum atomic E-state index is 13.1. The number of carbonyl (C=O) groups excluding carboxylic acids is 3. The van der Waals surface area contributed by atoms with E-state index >= 15 is 0 Å². The number of carbonyl (C=O) groups is 4. The van der Waals surface area contributed by atoms with Gasteiger partial charge in [0.25, 0.3) is 0 Å². The molecule has 3 amide bonds. The maximum Gasteiger partial charge on any atom is 0.326 e. The standard InChI is InChI=1S/C23H44N6O5/c1-15(2)14-19(22(32)28-18(23(33)34)9-4-6-12-25)29-21(31)17(8-3-5-11-24)27-20(30)16-10-7-13-26-16/h15-19,26H,3-14,24-25H2,1-2H3,(H,27,30)(H,28,32)(H,29,31)(H,33,34)/t16-,17-,18-,19-/m0/s1. The predicted octanol–water partition coefficient (Wildman–Crippen LogP) is -0.418. The number of aliphatic carboxylic acids is 1. The van der Waals surface area contributed by atoms with Gasteiger partial charge in [0.05, 0.1) is 6.04 Å². The topological polar surface area (TPSA) is 189 Å². The Morgan fingerprint density at radius 2 is 1.44 bits per heavy atom. The van der Waals surface area contributed by atoms with Crippen molar-refractivity contribution >= 4 is 23.7 Å². The summed E-state index contributed by atoms with van der Waals surface area (Å²) < 4.78 is 0. The Morgan fingerprint density at radius 1 is 0.882 bits per heavy atom. The molecule has 9 N–H and O–H groups in total. The Hall–Kier alpha value is -2.24. The van der Waals surface area contributed by atoms with E-state index in [9.17, 15) is 24.3 Å². The zero-order chi connectivity index (χ0) is 25.5. The molecule has 0 radical (unpaired) electrons. The van der Waals surface area contributed by atoms with E-state index in [4.69, 9.17) is 11.5 Å². The van der Waals surface area contributed by atoms with Gasteiger partial charge in [-0.2, -0.15) is 0 Å². The molecule has 0 aromatic carbocycles. The summed E-state index contributed by atoms with van der Waals surface area (Å²) in [4.78, 5) is 50.3. The first kappa shape index (κ1) is 29.8. The van der Waals surface area contributed by atoms with Crippen LogP contribution in [0.2, 0.25) is 0 Å². The molecule has 1 aliphatic heterocycles. The third-order valence-corrected chi connectivity index (χ3v) is 5.86. The molecular weight excluding hydrogens is 440 g/mol. The molecule has 1 rings (SSSR count). The number of hydrogen-bond donors (Lipinski definition) is 7. The summed E-state index contributed by atoms with van der Waals surface area (Å²) in [6.45, 7) is 5.50. The molecule has 1 aliphatic rings. The molecule has 1 saturated heterocycles. The zero-order valence-corrected chi connectivity index (χ0v) is 20.6. The van der Waals surface area contributed by atoms with E-state index in [2.05, 4.69) is 21.3 Å². The van der Waals surface area contributed by atoms with Crippen molar-refractivity contribution in [3.8, 4) is 0 Å². The molecule has 4 atom stereocenters. The number of carboxylic acids is 1. The van der Waals surface area contributed by atoms with Crippen molar-refractivity contribution in [2.45, 2.75) is 95.8 Å². The van der Waals surface area contributed by atoms with Crippen molar-refractivity contribution in [2.75, 3.05) is 19.6 Å². The normalized spacial score (nSPS) is 18.2. The van der Waals surface area contributed by atoms with Gasteiger partial charge in [-0.15, -0.1) is 0 Å². The lowest BCUT2D eigenvalue weighted by atomic mass is 10.0. The molecule has 0 aliphatic carbocycles. The SMILES string of the molecule is CC(C)C[C@H](NC(=O)[C@H](CCCCN)NC(=O)[C@@H]1CCCN1)C(=O)N[C@@H](CCCCN)C(=O)O. The molecule has 11 heteroatoms. The van der Waals surface area contributed by atoms with E-state index in [1.165, 1.54) is 0 Å². The van der Waals surface area contributed by atoms with Gasteiger partial charge >= 0.3 is 5.97 Å². The lowest BCUT2D eigenvalue weighted by Crippen LogP contribution is -2.57. The largest absolute Gasteiger partial charge is 0.480 e. The maximum absolute atomic E-state index is 13.1. The van der Waals surface area contributed by atoms with E-state index in [0.29, 0.717) is 58.0 Å². The molecule has 11 nitrogen and oxygen atoms in total. The van der Waals surface area contributed by atoms with Gasteiger partial charge in [0.2, 0.25) is 17.7 Å². The minimum Gasteiger partial charge on any atom is -0.480 e. The van der Waals surface area contributed by atoms with Crippen LogP contribution in [-0.4, -0.2) is 72.6 Å². The summed E-state index contributed by atoms with van der Waals surface area (Å²) in [7, 11) is 0. The molecule has 0 saturated carbocycles. The number of rotatable bonds is 17. The Kier molecular flexibility index (Phi) is 14.4. The van der Waals surface area contributed by atoms with Gasteiger partial charge in [-0.05, 0) is 83.3 Å². The number of nitrogens with two attached hydrogens (primary N) is 2.